The van der Waals surface area contributed by atoms with Gasteiger partial charge in [-0.1, -0.05) is 55.4 Å². The quantitative estimate of drug-likeness (QED) is 0.819. The first-order chi connectivity index (χ1) is 11.7. The van der Waals surface area contributed by atoms with Gasteiger partial charge in [0, 0.05) is 19.5 Å². The molecule has 128 valence electrons. The summed E-state index contributed by atoms with van der Waals surface area (Å²) >= 11 is 1.48. The molecule has 0 spiro atoms. The maximum absolute atomic E-state index is 12.1. The van der Waals surface area contributed by atoms with Crippen LogP contribution in [0.1, 0.15) is 43.5 Å². The van der Waals surface area contributed by atoms with Crippen molar-refractivity contribution >= 4 is 17.7 Å². The van der Waals surface area contributed by atoms with Crippen LogP contribution in [0.3, 0.4) is 0 Å². The Kier molecular flexibility index (Phi) is 5.91. The Labute approximate surface area is 147 Å². The van der Waals surface area contributed by atoms with Gasteiger partial charge in [-0.05, 0) is 24.3 Å². The average molecular weight is 344 g/mol. The molecule has 3 rings (SSSR count). The van der Waals surface area contributed by atoms with Gasteiger partial charge >= 0.3 is 0 Å². The van der Waals surface area contributed by atoms with Gasteiger partial charge in [-0.3, -0.25) is 4.79 Å². The van der Waals surface area contributed by atoms with Crippen LogP contribution in [-0.2, 0) is 17.8 Å². The van der Waals surface area contributed by atoms with Gasteiger partial charge in [0.2, 0.25) is 5.91 Å². The summed E-state index contributed by atoms with van der Waals surface area (Å²) in [5.74, 6) is 1.81. The normalized spacial score (nSPS) is 15.4. The van der Waals surface area contributed by atoms with Crippen molar-refractivity contribution in [2.45, 2.75) is 50.2 Å². The lowest BCUT2D eigenvalue weighted by molar-refractivity contribution is -0.118. The number of thioether (sulfide) groups is 1. The van der Waals surface area contributed by atoms with Crippen LogP contribution < -0.4 is 5.32 Å². The number of carbonyl (C=O) groups excluding carboxylic acids is 1. The minimum Gasteiger partial charge on any atom is -0.355 e. The van der Waals surface area contributed by atoms with Crippen molar-refractivity contribution in [3.05, 3.63) is 41.7 Å². The maximum atomic E-state index is 12.1. The molecule has 1 N–H and O–H groups in total. The van der Waals surface area contributed by atoms with E-state index in [4.69, 9.17) is 0 Å². The first kappa shape index (κ1) is 17.0. The lowest BCUT2D eigenvalue weighted by Crippen LogP contribution is -2.29. The predicted molar refractivity (Wildman–Crippen MR) is 96.2 cm³/mol. The molecule has 2 heterocycles. The number of amides is 1. The highest BCUT2D eigenvalue weighted by atomic mass is 32.2. The number of benzene rings is 1. The van der Waals surface area contributed by atoms with Crippen LogP contribution in [-0.4, -0.2) is 33.0 Å². The summed E-state index contributed by atoms with van der Waals surface area (Å²) in [4.78, 5) is 12.1. The molecule has 1 aromatic heterocycles. The van der Waals surface area contributed by atoms with E-state index in [1.807, 2.05) is 18.2 Å². The molecule has 1 aromatic carbocycles. The summed E-state index contributed by atoms with van der Waals surface area (Å²) in [7, 11) is 0. The van der Waals surface area contributed by atoms with Gasteiger partial charge in [0.05, 0.1) is 5.75 Å². The van der Waals surface area contributed by atoms with Crippen molar-refractivity contribution in [3.8, 4) is 0 Å². The lowest BCUT2D eigenvalue weighted by Gasteiger charge is -2.13. The number of rotatable bonds is 6. The molecule has 1 amide bonds. The van der Waals surface area contributed by atoms with Gasteiger partial charge in [-0.2, -0.15) is 0 Å². The summed E-state index contributed by atoms with van der Waals surface area (Å²) in [5, 5.41) is 12.4. The monoisotopic (exact) mass is 344 g/mol. The van der Waals surface area contributed by atoms with Crippen molar-refractivity contribution < 1.29 is 4.79 Å². The number of aryl methyl sites for hydroxylation is 1. The molecule has 0 bridgehead atoms. The molecule has 5 nitrogen and oxygen atoms in total. The van der Waals surface area contributed by atoms with E-state index in [1.165, 1.54) is 36.6 Å². The van der Waals surface area contributed by atoms with Crippen molar-refractivity contribution in [3.63, 3.8) is 0 Å². The van der Waals surface area contributed by atoms with E-state index in [0.29, 0.717) is 18.2 Å². The zero-order valence-electron chi connectivity index (χ0n) is 14.1. The third-order valence-electron chi connectivity index (χ3n) is 4.38. The Bertz CT molecular complexity index is 671. The molecule has 24 heavy (non-hydrogen) atoms. The third kappa shape index (κ3) is 4.38. The van der Waals surface area contributed by atoms with Gasteiger partial charge in [-0.25, -0.2) is 0 Å². The molecule has 0 radical (unpaired) electrons. The molecule has 0 fully saturated rings. The summed E-state index contributed by atoms with van der Waals surface area (Å²) in [6.45, 7) is 3.75. The number of nitrogens with zero attached hydrogens (tertiary/aromatic N) is 3. The molecule has 1 aliphatic heterocycles. The molecule has 1 atom stereocenters. The average Bonchev–Trinajstić information content (AvgIpc) is 2.85. The Morgan fingerprint density at radius 2 is 2.08 bits per heavy atom. The number of hydrogen-bond acceptors (Lipinski definition) is 4. The van der Waals surface area contributed by atoms with Crippen LogP contribution in [0, 0.1) is 0 Å². The van der Waals surface area contributed by atoms with E-state index >= 15 is 0 Å². The topological polar surface area (TPSA) is 59.8 Å². The Morgan fingerprint density at radius 3 is 2.92 bits per heavy atom. The van der Waals surface area contributed by atoms with Crippen LogP contribution in [0.2, 0.25) is 0 Å². The van der Waals surface area contributed by atoms with E-state index in [0.717, 1.165) is 23.9 Å². The van der Waals surface area contributed by atoms with E-state index in [-0.39, 0.29) is 5.91 Å². The van der Waals surface area contributed by atoms with Crippen LogP contribution >= 0.6 is 11.8 Å². The van der Waals surface area contributed by atoms with E-state index in [1.54, 1.807) is 0 Å². The Balaban J connectivity index is 1.47. The minimum atomic E-state index is 0.0498. The zero-order chi connectivity index (χ0) is 16.8. The number of hydrogen-bond donors (Lipinski definition) is 1. The van der Waals surface area contributed by atoms with Gasteiger partial charge in [-0.15, -0.1) is 10.2 Å². The Hall–Kier alpha value is -1.82. The van der Waals surface area contributed by atoms with Crippen molar-refractivity contribution in [1.29, 1.82) is 0 Å². The van der Waals surface area contributed by atoms with Crippen molar-refractivity contribution in [1.82, 2.24) is 20.1 Å². The molecular formula is C18H24N4OS. The van der Waals surface area contributed by atoms with Crippen LogP contribution in [0.15, 0.2) is 35.5 Å². The number of nitrogens with one attached hydrogen (secondary N) is 1. The second-order valence-corrected chi connectivity index (χ2v) is 7.21. The highest BCUT2D eigenvalue weighted by Crippen LogP contribution is 2.21. The van der Waals surface area contributed by atoms with Crippen molar-refractivity contribution in [2.24, 2.45) is 0 Å². The second-order valence-electron chi connectivity index (χ2n) is 6.27. The number of carbonyl (C=O) groups is 1. The van der Waals surface area contributed by atoms with Crippen LogP contribution in [0.5, 0.6) is 0 Å². The summed E-state index contributed by atoms with van der Waals surface area (Å²) in [5.41, 5.74) is 1.24. The number of aromatic nitrogens is 3. The Morgan fingerprint density at radius 1 is 1.25 bits per heavy atom. The molecule has 0 saturated carbocycles. The lowest BCUT2D eigenvalue weighted by atomic mass is 10.0. The van der Waals surface area contributed by atoms with E-state index < -0.39 is 0 Å². The van der Waals surface area contributed by atoms with Gasteiger partial charge < -0.3 is 9.88 Å². The smallest absolute Gasteiger partial charge is 0.230 e. The van der Waals surface area contributed by atoms with Crippen LogP contribution in [0.25, 0.3) is 0 Å². The molecule has 1 aliphatic rings. The largest absolute Gasteiger partial charge is 0.355 e. The fraction of sp³-hybridized carbons (Fsp3) is 0.500. The number of fused-ring (bicyclic) bond motifs is 1. The van der Waals surface area contributed by atoms with E-state index in [9.17, 15) is 4.79 Å². The first-order valence-electron chi connectivity index (χ1n) is 8.60. The predicted octanol–water partition coefficient (Wildman–Crippen LogP) is 3.02. The zero-order valence-corrected chi connectivity index (χ0v) is 14.9. The summed E-state index contributed by atoms with van der Waals surface area (Å²) < 4.78 is 2.18. The van der Waals surface area contributed by atoms with Crippen molar-refractivity contribution in [2.75, 3.05) is 12.3 Å². The summed E-state index contributed by atoms with van der Waals surface area (Å²) in [6, 6.07) is 10.3. The highest BCUT2D eigenvalue weighted by molar-refractivity contribution is 7.99. The van der Waals surface area contributed by atoms with Gasteiger partial charge in [0.25, 0.3) is 0 Å². The second kappa shape index (κ2) is 8.33. The molecule has 0 unspecified atom stereocenters. The molecule has 0 saturated heterocycles. The minimum absolute atomic E-state index is 0.0498. The molecule has 6 heteroatoms. The first-order valence-corrected chi connectivity index (χ1v) is 9.59. The highest BCUT2D eigenvalue weighted by Gasteiger charge is 2.16. The van der Waals surface area contributed by atoms with E-state index in [2.05, 4.69) is 39.1 Å². The SMILES string of the molecule is C[C@H](CNC(=O)CSc1nnc2n1CCCCC2)c1ccccc1. The third-order valence-corrected chi connectivity index (χ3v) is 5.35. The molecule has 0 aliphatic carbocycles. The summed E-state index contributed by atoms with van der Waals surface area (Å²) in [6.07, 6.45) is 4.58. The fourth-order valence-corrected chi connectivity index (χ4v) is 3.73. The van der Waals surface area contributed by atoms with Gasteiger partial charge in [0.15, 0.2) is 5.16 Å². The molecular weight excluding hydrogens is 320 g/mol. The van der Waals surface area contributed by atoms with Gasteiger partial charge in [0.1, 0.15) is 5.82 Å². The van der Waals surface area contributed by atoms with Crippen LogP contribution in [0.4, 0.5) is 0 Å². The molecule has 2 aromatic rings. The maximum Gasteiger partial charge on any atom is 0.230 e. The fourth-order valence-electron chi connectivity index (χ4n) is 2.91. The standard InChI is InChI=1S/C18H24N4OS/c1-14(15-8-4-2-5-9-15)12-19-17(23)13-24-18-21-20-16-10-6-3-7-11-22(16)18/h2,4-5,8-9,14H,3,6-7,10-13H2,1H3,(H,19,23)/t14-/m1/s1.